The van der Waals surface area contributed by atoms with Crippen molar-refractivity contribution in [2.45, 2.75) is 64.8 Å². The average molecular weight is 438 g/mol. The summed E-state index contributed by atoms with van der Waals surface area (Å²) in [5.41, 5.74) is 3.54. The molecule has 172 valence electrons. The highest BCUT2D eigenvalue weighted by Crippen LogP contribution is 2.33. The van der Waals surface area contributed by atoms with Gasteiger partial charge in [-0.15, -0.1) is 0 Å². The SMILES string of the molecule is CCOC(=O)C[C@@H](c1cnc(C)nc1)N1CC(CCCCc2ccc3c(n2)NCCC3)C1. The second kappa shape index (κ2) is 10.9. The lowest BCUT2D eigenvalue weighted by atomic mass is 9.89. The number of aromatic nitrogens is 3. The number of carbonyl (C=O) groups is 1. The average Bonchev–Trinajstić information content (AvgIpc) is 2.77. The van der Waals surface area contributed by atoms with Crippen LogP contribution in [0.3, 0.4) is 0 Å². The van der Waals surface area contributed by atoms with Crippen LogP contribution in [0.1, 0.15) is 67.7 Å². The Balaban J connectivity index is 1.22. The van der Waals surface area contributed by atoms with Gasteiger partial charge in [0.05, 0.1) is 13.0 Å². The molecule has 0 aromatic carbocycles. The van der Waals surface area contributed by atoms with Gasteiger partial charge in [0.25, 0.3) is 0 Å². The van der Waals surface area contributed by atoms with Crippen molar-refractivity contribution in [3.05, 3.63) is 47.2 Å². The number of esters is 1. The first-order valence-corrected chi connectivity index (χ1v) is 12.0. The van der Waals surface area contributed by atoms with Crippen molar-refractivity contribution >= 4 is 11.8 Å². The van der Waals surface area contributed by atoms with Gasteiger partial charge in [0.15, 0.2) is 0 Å². The maximum Gasteiger partial charge on any atom is 0.307 e. The number of nitrogens with zero attached hydrogens (tertiary/aromatic N) is 4. The van der Waals surface area contributed by atoms with Crippen LogP contribution in [0.4, 0.5) is 5.82 Å². The maximum absolute atomic E-state index is 12.2. The van der Waals surface area contributed by atoms with E-state index in [0.717, 1.165) is 49.7 Å². The summed E-state index contributed by atoms with van der Waals surface area (Å²) >= 11 is 0. The number of pyridine rings is 1. The number of unbranched alkanes of at least 4 members (excludes halogenated alkanes) is 1. The molecule has 0 bridgehead atoms. The fourth-order valence-electron chi connectivity index (χ4n) is 4.70. The number of anilines is 1. The van der Waals surface area contributed by atoms with Crippen molar-refractivity contribution in [1.82, 2.24) is 19.9 Å². The molecule has 32 heavy (non-hydrogen) atoms. The van der Waals surface area contributed by atoms with Crippen LogP contribution in [0, 0.1) is 12.8 Å². The van der Waals surface area contributed by atoms with Gasteiger partial charge in [-0.2, -0.15) is 0 Å². The summed E-state index contributed by atoms with van der Waals surface area (Å²) in [7, 11) is 0. The lowest BCUT2D eigenvalue weighted by Gasteiger charge is -2.44. The van der Waals surface area contributed by atoms with Crippen LogP contribution in [0.25, 0.3) is 0 Å². The van der Waals surface area contributed by atoms with Gasteiger partial charge in [-0.05, 0) is 63.5 Å². The van der Waals surface area contributed by atoms with E-state index in [1.165, 1.54) is 36.9 Å². The molecule has 1 N–H and O–H groups in total. The van der Waals surface area contributed by atoms with E-state index in [-0.39, 0.29) is 12.0 Å². The summed E-state index contributed by atoms with van der Waals surface area (Å²) in [4.78, 5) is 28.0. The molecule has 0 spiro atoms. The number of hydrogen-bond donors (Lipinski definition) is 1. The van der Waals surface area contributed by atoms with Crippen LogP contribution < -0.4 is 5.32 Å². The molecule has 0 radical (unpaired) electrons. The van der Waals surface area contributed by atoms with E-state index in [9.17, 15) is 4.79 Å². The molecule has 1 saturated heterocycles. The lowest BCUT2D eigenvalue weighted by Crippen LogP contribution is -2.49. The molecule has 2 aromatic heterocycles. The van der Waals surface area contributed by atoms with E-state index >= 15 is 0 Å². The molecule has 7 heteroatoms. The molecule has 1 fully saturated rings. The maximum atomic E-state index is 12.2. The quantitative estimate of drug-likeness (QED) is 0.446. The van der Waals surface area contributed by atoms with E-state index in [0.29, 0.717) is 18.9 Å². The van der Waals surface area contributed by atoms with Crippen LogP contribution in [-0.4, -0.2) is 52.1 Å². The molecular weight excluding hydrogens is 402 g/mol. The summed E-state index contributed by atoms with van der Waals surface area (Å²) < 4.78 is 5.20. The molecule has 4 heterocycles. The molecule has 0 unspecified atom stereocenters. The fourth-order valence-corrected chi connectivity index (χ4v) is 4.70. The Morgan fingerprint density at radius 1 is 1.25 bits per heavy atom. The van der Waals surface area contributed by atoms with Crippen molar-refractivity contribution in [3.63, 3.8) is 0 Å². The Hall–Kier alpha value is -2.54. The number of aryl methyl sites for hydroxylation is 3. The number of likely N-dealkylation sites (tertiary alicyclic amines) is 1. The second-order valence-corrected chi connectivity index (χ2v) is 8.99. The van der Waals surface area contributed by atoms with Crippen LogP contribution in [0.2, 0.25) is 0 Å². The highest BCUT2D eigenvalue weighted by atomic mass is 16.5. The Labute approximate surface area is 191 Å². The van der Waals surface area contributed by atoms with Crippen molar-refractivity contribution in [2.75, 3.05) is 31.6 Å². The third kappa shape index (κ3) is 5.82. The molecule has 7 nitrogen and oxygen atoms in total. The number of hydrogen-bond acceptors (Lipinski definition) is 7. The van der Waals surface area contributed by atoms with Crippen molar-refractivity contribution in [1.29, 1.82) is 0 Å². The normalized spacial score (nSPS) is 17.2. The summed E-state index contributed by atoms with van der Waals surface area (Å²) in [5.74, 6) is 2.36. The first-order chi connectivity index (χ1) is 15.6. The monoisotopic (exact) mass is 437 g/mol. The van der Waals surface area contributed by atoms with Crippen molar-refractivity contribution in [2.24, 2.45) is 5.92 Å². The number of carbonyl (C=O) groups excluding carboxylic acids is 1. The van der Waals surface area contributed by atoms with E-state index < -0.39 is 0 Å². The van der Waals surface area contributed by atoms with E-state index in [4.69, 9.17) is 9.72 Å². The third-order valence-electron chi connectivity index (χ3n) is 6.52. The molecule has 0 amide bonds. The summed E-state index contributed by atoms with van der Waals surface area (Å²) in [6.45, 7) is 7.19. The Bertz CT molecular complexity index is 896. The molecular formula is C25H35N5O2. The molecule has 2 aliphatic rings. The Kier molecular flexibility index (Phi) is 7.68. The van der Waals surface area contributed by atoms with E-state index in [1.54, 1.807) is 0 Å². The molecule has 2 aromatic rings. The summed E-state index contributed by atoms with van der Waals surface area (Å²) in [6.07, 6.45) is 11.0. The van der Waals surface area contributed by atoms with Crippen LogP contribution in [-0.2, 0) is 22.4 Å². The Morgan fingerprint density at radius 3 is 2.84 bits per heavy atom. The van der Waals surface area contributed by atoms with Gasteiger partial charge in [-0.25, -0.2) is 15.0 Å². The van der Waals surface area contributed by atoms with E-state index in [2.05, 4.69) is 32.3 Å². The largest absolute Gasteiger partial charge is 0.466 e. The highest BCUT2D eigenvalue weighted by molar-refractivity contribution is 5.70. The van der Waals surface area contributed by atoms with E-state index in [1.807, 2.05) is 26.2 Å². The topological polar surface area (TPSA) is 80.2 Å². The third-order valence-corrected chi connectivity index (χ3v) is 6.52. The first kappa shape index (κ1) is 22.6. The summed E-state index contributed by atoms with van der Waals surface area (Å²) in [5, 5.41) is 3.42. The molecule has 0 aliphatic carbocycles. The molecule has 2 aliphatic heterocycles. The number of ether oxygens (including phenoxy) is 1. The minimum absolute atomic E-state index is 0.00176. The number of fused-ring (bicyclic) bond motifs is 1. The van der Waals surface area contributed by atoms with Gasteiger partial charge < -0.3 is 10.1 Å². The molecule has 4 rings (SSSR count). The Morgan fingerprint density at radius 2 is 2.06 bits per heavy atom. The van der Waals surface area contributed by atoms with Crippen molar-refractivity contribution in [3.8, 4) is 0 Å². The van der Waals surface area contributed by atoms with Gasteiger partial charge in [-0.3, -0.25) is 9.69 Å². The lowest BCUT2D eigenvalue weighted by molar-refractivity contribution is -0.145. The van der Waals surface area contributed by atoms with Gasteiger partial charge in [0.1, 0.15) is 11.6 Å². The first-order valence-electron chi connectivity index (χ1n) is 12.0. The van der Waals surface area contributed by atoms with Crippen LogP contribution >= 0.6 is 0 Å². The van der Waals surface area contributed by atoms with Gasteiger partial charge in [0.2, 0.25) is 0 Å². The second-order valence-electron chi connectivity index (χ2n) is 8.99. The van der Waals surface area contributed by atoms with Gasteiger partial charge in [0, 0.05) is 49.3 Å². The zero-order chi connectivity index (χ0) is 22.3. The molecule has 1 atom stereocenters. The minimum atomic E-state index is -0.159. The summed E-state index contributed by atoms with van der Waals surface area (Å²) in [6, 6.07) is 4.44. The van der Waals surface area contributed by atoms with Crippen molar-refractivity contribution < 1.29 is 9.53 Å². The fraction of sp³-hybridized carbons (Fsp3) is 0.600. The highest BCUT2D eigenvalue weighted by Gasteiger charge is 2.34. The number of rotatable bonds is 10. The smallest absolute Gasteiger partial charge is 0.307 e. The van der Waals surface area contributed by atoms with Gasteiger partial charge >= 0.3 is 5.97 Å². The molecule has 0 saturated carbocycles. The zero-order valence-corrected chi connectivity index (χ0v) is 19.3. The number of nitrogens with one attached hydrogen (secondary N) is 1. The van der Waals surface area contributed by atoms with Crippen LogP contribution in [0.5, 0.6) is 0 Å². The predicted octanol–water partition coefficient (Wildman–Crippen LogP) is 3.88. The predicted molar refractivity (Wildman–Crippen MR) is 124 cm³/mol. The standard InChI is InChI=1S/C25H35N5O2/c1-3-32-24(31)13-23(21-14-27-18(2)28-15-21)30-16-19(17-30)7-4-5-9-22-11-10-20-8-6-12-26-25(20)29-22/h10-11,14-15,19,23H,3-9,12-13,16-17H2,1-2H3,(H,26,29)/t23-/m0/s1. The van der Waals surface area contributed by atoms with Crippen LogP contribution in [0.15, 0.2) is 24.5 Å². The minimum Gasteiger partial charge on any atom is -0.466 e. The zero-order valence-electron chi connectivity index (χ0n) is 19.3. The van der Waals surface area contributed by atoms with Gasteiger partial charge in [-0.1, -0.05) is 12.5 Å².